The van der Waals surface area contributed by atoms with Crippen molar-refractivity contribution in [3.8, 4) is 17.0 Å². The number of carbonyl (C=O) groups is 2. The van der Waals surface area contributed by atoms with Crippen molar-refractivity contribution in [3.05, 3.63) is 83.8 Å². The van der Waals surface area contributed by atoms with Crippen molar-refractivity contribution in [2.24, 2.45) is 17.3 Å². The molecular formula is C35H42FN3O4. The number of nitrogens with one attached hydrogen (secondary N) is 1. The topological polar surface area (TPSA) is 91.8 Å². The molecule has 2 heterocycles. The minimum absolute atomic E-state index is 0.0692. The summed E-state index contributed by atoms with van der Waals surface area (Å²) in [6, 6.07) is 16.3. The molecule has 0 unspecified atom stereocenters. The van der Waals surface area contributed by atoms with Crippen molar-refractivity contribution in [1.29, 1.82) is 0 Å². The summed E-state index contributed by atoms with van der Waals surface area (Å²) >= 11 is 0. The fraction of sp³-hybridized carbons (Fsp3) is 0.457. The van der Waals surface area contributed by atoms with Crippen LogP contribution in [0.4, 0.5) is 4.39 Å². The first kappa shape index (κ1) is 30.7. The van der Waals surface area contributed by atoms with E-state index in [1.165, 1.54) is 6.07 Å². The van der Waals surface area contributed by atoms with Crippen molar-refractivity contribution in [1.82, 2.24) is 15.2 Å². The Morgan fingerprint density at radius 1 is 1.05 bits per heavy atom. The normalized spacial score (nSPS) is 22.9. The molecule has 3 aromatic rings. The van der Waals surface area contributed by atoms with Crippen LogP contribution in [0.1, 0.15) is 70.0 Å². The van der Waals surface area contributed by atoms with Crippen molar-refractivity contribution in [2.75, 3.05) is 7.11 Å². The van der Waals surface area contributed by atoms with Crippen LogP contribution >= 0.6 is 0 Å². The fourth-order valence-corrected chi connectivity index (χ4v) is 7.17. The molecule has 228 valence electrons. The molecule has 0 spiro atoms. The molecule has 0 bridgehead atoms. The molecule has 5 rings (SSSR count). The Balaban J connectivity index is 1.58. The van der Waals surface area contributed by atoms with E-state index < -0.39 is 35.4 Å². The Kier molecular flexibility index (Phi) is 9.16. The summed E-state index contributed by atoms with van der Waals surface area (Å²) in [5, 5.41) is 14.4. The molecular weight excluding hydrogens is 545 g/mol. The predicted molar refractivity (Wildman–Crippen MR) is 164 cm³/mol. The molecule has 8 heteroatoms. The van der Waals surface area contributed by atoms with Crippen molar-refractivity contribution in [2.45, 2.75) is 77.5 Å². The summed E-state index contributed by atoms with van der Waals surface area (Å²) in [4.78, 5) is 33.5. The number of carbonyl (C=O) groups excluding carboxylic acids is 1. The average Bonchev–Trinajstić information content (AvgIpc) is 3.37. The monoisotopic (exact) mass is 587 g/mol. The van der Waals surface area contributed by atoms with Gasteiger partial charge in [0.2, 0.25) is 11.8 Å². The number of benzene rings is 2. The van der Waals surface area contributed by atoms with Gasteiger partial charge in [-0.15, -0.1) is 0 Å². The van der Waals surface area contributed by atoms with E-state index in [1.54, 1.807) is 36.4 Å². The van der Waals surface area contributed by atoms with Crippen LogP contribution < -0.4 is 10.1 Å². The van der Waals surface area contributed by atoms with Gasteiger partial charge in [0.05, 0.1) is 13.2 Å². The molecule has 2 N–H and O–H groups in total. The first-order valence-electron chi connectivity index (χ1n) is 15.2. The van der Waals surface area contributed by atoms with Gasteiger partial charge in [-0.1, -0.05) is 88.6 Å². The molecule has 1 amide bonds. The van der Waals surface area contributed by atoms with E-state index in [1.807, 2.05) is 57.2 Å². The summed E-state index contributed by atoms with van der Waals surface area (Å²) < 4.78 is 20.2. The number of halogens is 1. The van der Waals surface area contributed by atoms with Crippen molar-refractivity contribution < 1.29 is 23.8 Å². The van der Waals surface area contributed by atoms with E-state index in [-0.39, 0.29) is 24.2 Å². The number of aromatic nitrogens is 1. The number of hydrogen-bond acceptors (Lipinski definition) is 5. The van der Waals surface area contributed by atoms with Gasteiger partial charge in [0.1, 0.15) is 11.9 Å². The number of rotatable bonds is 8. The van der Waals surface area contributed by atoms with Gasteiger partial charge < -0.3 is 20.1 Å². The minimum Gasteiger partial charge on any atom is -0.481 e. The van der Waals surface area contributed by atoms with Crippen LogP contribution in [0.25, 0.3) is 11.1 Å². The number of aliphatic carboxylic acids is 1. The molecule has 1 saturated carbocycles. The lowest BCUT2D eigenvalue weighted by atomic mass is 9.72. The zero-order valence-electron chi connectivity index (χ0n) is 25.4. The molecule has 1 aliphatic carbocycles. The first-order valence-corrected chi connectivity index (χ1v) is 15.2. The van der Waals surface area contributed by atoms with Crippen LogP contribution in [0.2, 0.25) is 0 Å². The summed E-state index contributed by atoms with van der Waals surface area (Å²) in [6.45, 7) is 6.41. The highest BCUT2D eigenvalue weighted by Gasteiger charge is 2.58. The molecule has 2 fully saturated rings. The van der Waals surface area contributed by atoms with Gasteiger partial charge in [-0.25, -0.2) is 14.2 Å². The smallest absolute Gasteiger partial charge is 0.326 e. The Morgan fingerprint density at radius 2 is 1.72 bits per heavy atom. The van der Waals surface area contributed by atoms with E-state index in [9.17, 15) is 19.1 Å². The second-order valence-corrected chi connectivity index (χ2v) is 12.9. The van der Waals surface area contributed by atoms with Crippen LogP contribution in [-0.4, -0.2) is 46.1 Å². The lowest BCUT2D eigenvalue weighted by molar-refractivity contribution is -0.154. The minimum atomic E-state index is -0.998. The maximum atomic E-state index is 14.7. The molecule has 2 aromatic carbocycles. The average molecular weight is 588 g/mol. The zero-order valence-corrected chi connectivity index (χ0v) is 25.4. The summed E-state index contributed by atoms with van der Waals surface area (Å²) in [5.41, 5.74) is 2.21. The molecule has 43 heavy (non-hydrogen) atoms. The number of methoxy groups -OCH3 is 1. The Hall–Kier alpha value is -3.78. The predicted octanol–water partition coefficient (Wildman–Crippen LogP) is 6.63. The van der Waals surface area contributed by atoms with Gasteiger partial charge in [-0.05, 0) is 36.0 Å². The zero-order chi connectivity index (χ0) is 30.7. The van der Waals surface area contributed by atoms with E-state index in [2.05, 4.69) is 10.3 Å². The first-order chi connectivity index (χ1) is 20.6. The number of hydrogen-bond donors (Lipinski definition) is 2. The van der Waals surface area contributed by atoms with Crippen LogP contribution in [0, 0.1) is 23.1 Å². The molecule has 1 saturated heterocycles. The molecule has 4 atom stereocenters. The highest BCUT2D eigenvalue weighted by molar-refractivity contribution is 5.87. The number of ether oxygens (including phenoxy) is 1. The van der Waals surface area contributed by atoms with Crippen molar-refractivity contribution in [3.63, 3.8) is 0 Å². The largest absolute Gasteiger partial charge is 0.481 e. The number of carboxylic acids is 1. The number of pyridine rings is 1. The van der Waals surface area contributed by atoms with Crippen LogP contribution in [0.15, 0.2) is 66.9 Å². The summed E-state index contributed by atoms with van der Waals surface area (Å²) in [6.07, 6.45) is 6.22. The number of likely N-dealkylation sites (tertiary alicyclic amines) is 1. The third-order valence-corrected chi connectivity index (χ3v) is 9.10. The fourth-order valence-electron chi connectivity index (χ4n) is 7.17. The molecule has 2 aliphatic rings. The van der Waals surface area contributed by atoms with Gasteiger partial charge in [-0.2, -0.15) is 0 Å². The third kappa shape index (κ3) is 6.30. The van der Waals surface area contributed by atoms with E-state index >= 15 is 0 Å². The maximum Gasteiger partial charge on any atom is 0.326 e. The molecule has 1 aliphatic heterocycles. The van der Waals surface area contributed by atoms with Gasteiger partial charge in [0.15, 0.2) is 0 Å². The number of carboxylic acid groups (broad SMARTS) is 1. The van der Waals surface area contributed by atoms with Crippen LogP contribution in [0.3, 0.4) is 0 Å². The van der Waals surface area contributed by atoms with E-state index in [0.29, 0.717) is 22.6 Å². The van der Waals surface area contributed by atoms with Crippen LogP contribution in [0.5, 0.6) is 5.88 Å². The van der Waals surface area contributed by atoms with Crippen LogP contribution in [-0.2, 0) is 16.1 Å². The second-order valence-electron chi connectivity index (χ2n) is 12.9. The van der Waals surface area contributed by atoms with Gasteiger partial charge >= 0.3 is 5.97 Å². The van der Waals surface area contributed by atoms with Gasteiger partial charge in [-0.3, -0.25) is 4.79 Å². The highest BCUT2D eigenvalue weighted by atomic mass is 19.1. The molecule has 7 nitrogen and oxygen atoms in total. The van der Waals surface area contributed by atoms with E-state index in [4.69, 9.17) is 4.74 Å². The third-order valence-electron chi connectivity index (χ3n) is 9.10. The van der Waals surface area contributed by atoms with E-state index in [0.717, 1.165) is 37.7 Å². The number of nitrogens with zero attached hydrogens (tertiary/aromatic N) is 2. The molecule has 1 aromatic heterocycles. The molecule has 0 radical (unpaired) electrons. The Morgan fingerprint density at radius 3 is 2.35 bits per heavy atom. The second kappa shape index (κ2) is 12.8. The van der Waals surface area contributed by atoms with Gasteiger partial charge in [0.25, 0.3) is 0 Å². The quantitative estimate of drug-likeness (QED) is 0.307. The Bertz CT molecular complexity index is 1430. The van der Waals surface area contributed by atoms with Crippen molar-refractivity contribution >= 4 is 11.9 Å². The SMILES string of the molecule is COc1ncc(-c2ccccc2F)cc1CN[C@H]1[C@H](C(C)(C)C)[C@@H](C(=O)O)N(C(=O)C2CCCCC2)[C@H]1c1ccccc1. The maximum absolute atomic E-state index is 14.7. The standard InChI is InChI=1S/C35H42FN3O4/c1-35(2,3)28-29(37-21-25-19-24(20-38-32(25)43-4)26-17-11-12-18-27(26)36)30(22-13-7-5-8-14-22)39(31(28)34(41)42)33(40)23-15-9-6-10-16-23/h5,7-8,11-14,17-20,23,28-31,37H,6,9-10,15-16,21H2,1-4H3,(H,41,42)/t28-,29-,30-,31-/m0/s1. The Labute approximate surface area is 253 Å². The lowest BCUT2D eigenvalue weighted by Crippen LogP contribution is -2.49. The number of amides is 1. The summed E-state index contributed by atoms with van der Waals surface area (Å²) in [7, 11) is 1.54. The van der Waals surface area contributed by atoms with Gasteiger partial charge in [0, 0.05) is 47.3 Å². The highest BCUT2D eigenvalue weighted by Crippen LogP contribution is 2.49. The summed E-state index contributed by atoms with van der Waals surface area (Å²) in [5.74, 6) is -1.59. The lowest BCUT2D eigenvalue weighted by Gasteiger charge is -2.36.